The fourth-order valence-electron chi connectivity index (χ4n) is 0. The molecule has 0 spiro atoms. The van der Waals surface area contributed by atoms with Gasteiger partial charge in [0.1, 0.15) is 11.6 Å². The van der Waals surface area contributed by atoms with Crippen LogP contribution in [0.25, 0.3) is 0 Å². The lowest BCUT2D eigenvalue weighted by molar-refractivity contribution is -0.134. The van der Waals surface area contributed by atoms with Crippen LogP contribution >= 0.6 is 0 Å². The van der Waals surface area contributed by atoms with Crippen LogP contribution in [0.3, 0.4) is 0 Å². The molecule has 0 heterocycles. The van der Waals surface area contributed by atoms with Crippen molar-refractivity contribution in [1.29, 1.82) is 0 Å². The summed E-state index contributed by atoms with van der Waals surface area (Å²) in [6.45, 7) is 16.9. The van der Waals surface area contributed by atoms with Gasteiger partial charge in [-0.15, -0.1) is 11.8 Å². The number of carbonyl (C=O) groups excluding carboxylic acids is 4. The molecule has 0 atom stereocenters. The van der Waals surface area contributed by atoms with Gasteiger partial charge in [0.05, 0.1) is 0 Å². The third-order valence-electron chi connectivity index (χ3n) is 2.37. The van der Waals surface area contributed by atoms with Crippen LogP contribution in [0, 0.1) is 23.7 Å². The van der Waals surface area contributed by atoms with Crippen LogP contribution < -0.4 is 0 Å². The molecule has 0 amide bonds. The van der Waals surface area contributed by atoms with Crippen LogP contribution in [0.4, 0.5) is 0 Å². The normalized spacial score (nSPS) is 7.82. The van der Waals surface area contributed by atoms with Gasteiger partial charge < -0.3 is 0 Å². The third-order valence-corrected chi connectivity index (χ3v) is 2.37. The van der Waals surface area contributed by atoms with Crippen molar-refractivity contribution in [1.82, 2.24) is 0 Å². The summed E-state index contributed by atoms with van der Waals surface area (Å²) in [5.41, 5.74) is 0. The summed E-state index contributed by atoms with van der Waals surface area (Å²) in [6.07, 6.45) is 0. The highest BCUT2D eigenvalue weighted by atomic mass is 16.2. The Morgan fingerprint density at radius 1 is 0.591 bits per heavy atom. The fourth-order valence-corrected chi connectivity index (χ4v) is 0. The summed E-state index contributed by atoms with van der Waals surface area (Å²) in [5.74, 6) is 5.55. The quantitative estimate of drug-likeness (QED) is 0.589. The molecule has 0 bridgehead atoms. The Bertz CT molecular complexity index is 357. The van der Waals surface area contributed by atoms with Gasteiger partial charge in [0.15, 0.2) is 11.6 Å². The molecule has 0 aliphatic rings. The van der Waals surface area contributed by atoms with Crippen molar-refractivity contribution in [2.45, 2.75) is 69.2 Å². The largest absolute Gasteiger partial charge is 0.300 e. The van der Waals surface area contributed by atoms with Crippen molar-refractivity contribution in [3.63, 3.8) is 0 Å². The zero-order valence-corrected chi connectivity index (χ0v) is 15.8. The minimum atomic E-state index is -0.380. The Balaban J connectivity index is -0.0000000994. The van der Waals surface area contributed by atoms with Gasteiger partial charge in [0.25, 0.3) is 0 Å². The smallest absolute Gasteiger partial charge is 0.195 e. The van der Waals surface area contributed by atoms with Gasteiger partial charge in [-0.1, -0.05) is 27.7 Å². The van der Waals surface area contributed by atoms with Crippen LogP contribution in [0.5, 0.6) is 0 Å². The van der Waals surface area contributed by atoms with Gasteiger partial charge in [0.2, 0.25) is 0 Å². The second-order valence-corrected chi connectivity index (χ2v) is 5.14. The topological polar surface area (TPSA) is 68.3 Å². The predicted octanol–water partition coefficient (Wildman–Crippen LogP) is 3.66. The number of rotatable bonds is 3. The Hall–Kier alpha value is -1.76. The highest BCUT2D eigenvalue weighted by molar-refractivity contribution is 6.35. The first-order valence-corrected chi connectivity index (χ1v) is 7.20. The van der Waals surface area contributed by atoms with Crippen LogP contribution in [0.2, 0.25) is 0 Å². The van der Waals surface area contributed by atoms with Crippen molar-refractivity contribution < 1.29 is 19.2 Å². The maximum Gasteiger partial charge on any atom is 0.195 e. The number of hydrogen-bond acceptors (Lipinski definition) is 4. The monoisotopic (exact) mass is 312 g/mol. The summed E-state index contributed by atoms with van der Waals surface area (Å²) in [6, 6.07) is 0. The maximum absolute atomic E-state index is 10.1. The van der Waals surface area contributed by atoms with Crippen LogP contribution in [0.1, 0.15) is 69.2 Å². The van der Waals surface area contributed by atoms with Gasteiger partial charge in [-0.25, -0.2) is 0 Å². The third kappa shape index (κ3) is 42.9. The summed E-state index contributed by atoms with van der Waals surface area (Å²) in [7, 11) is 0. The lowest BCUT2D eigenvalue weighted by Gasteiger charge is -1.90. The summed E-state index contributed by atoms with van der Waals surface area (Å²) < 4.78 is 0. The molecule has 0 fully saturated rings. The number of carbonyl (C=O) groups is 4. The summed E-state index contributed by atoms with van der Waals surface area (Å²) in [5, 5.41) is 0. The molecule has 0 aromatic heterocycles. The molecule has 0 aliphatic heterocycles. The molecule has 4 nitrogen and oxygen atoms in total. The van der Waals surface area contributed by atoms with Crippen molar-refractivity contribution in [3.05, 3.63) is 0 Å². The van der Waals surface area contributed by atoms with E-state index in [0.717, 1.165) is 0 Å². The highest BCUT2D eigenvalue weighted by Gasteiger charge is 1.95. The molecule has 0 saturated heterocycles. The van der Waals surface area contributed by atoms with E-state index in [1.807, 2.05) is 41.5 Å². The first-order valence-electron chi connectivity index (χ1n) is 7.20. The van der Waals surface area contributed by atoms with Gasteiger partial charge in [0, 0.05) is 25.7 Å². The Morgan fingerprint density at radius 2 is 0.727 bits per heavy atom. The minimum Gasteiger partial charge on any atom is -0.300 e. The van der Waals surface area contributed by atoms with E-state index in [2.05, 4.69) is 11.8 Å². The molecule has 0 unspecified atom stereocenters. The number of ketones is 4. The van der Waals surface area contributed by atoms with Crippen molar-refractivity contribution in [2.75, 3.05) is 0 Å². The van der Waals surface area contributed by atoms with Crippen LogP contribution in [0.15, 0.2) is 0 Å². The summed E-state index contributed by atoms with van der Waals surface area (Å²) >= 11 is 0. The van der Waals surface area contributed by atoms with E-state index in [9.17, 15) is 19.2 Å². The molecule has 0 saturated carbocycles. The molecular formula is C18H32O4. The standard InChI is InChI=1S/2C5H10O.C4H6O2.C4H6/c2*1-4(2)5(3)6;1-3(5)4(2)6;1-3-4-2/h2*4H,1-3H3;1-2H3;1-2H3. The van der Waals surface area contributed by atoms with Crippen molar-refractivity contribution in [2.24, 2.45) is 11.8 Å². The SMILES string of the molecule is CC#CC.CC(=O)C(C)=O.CC(=O)C(C)C.CC(=O)C(C)C. The van der Waals surface area contributed by atoms with Crippen molar-refractivity contribution in [3.8, 4) is 11.8 Å². The van der Waals surface area contributed by atoms with E-state index < -0.39 is 0 Å². The van der Waals surface area contributed by atoms with Gasteiger partial charge >= 0.3 is 0 Å². The van der Waals surface area contributed by atoms with E-state index in [1.54, 1.807) is 13.8 Å². The first-order chi connectivity index (χ1) is 9.84. The van der Waals surface area contributed by atoms with Gasteiger partial charge in [-0.05, 0) is 27.7 Å². The average Bonchev–Trinajstić information content (AvgIpc) is 2.39. The number of hydrogen-bond donors (Lipinski definition) is 0. The van der Waals surface area contributed by atoms with Crippen LogP contribution in [-0.2, 0) is 19.2 Å². The Morgan fingerprint density at radius 3 is 0.727 bits per heavy atom. The molecule has 0 aliphatic carbocycles. The second kappa shape index (κ2) is 19.2. The molecule has 0 aromatic carbocycles. The minimum absolute atomic E-state index is 0.213. The first kappa shape index (κ1) is 28.4. The van der Waals surface area contributed by atoms with E-state index in [-0.39, 0.29) is 35.0 Å². The maximum atomic E-state index is 10.1. The molecule has 0 N–H and O–H groups in total. The predicted molar refractivity (Wildman–Crippen MR) is 91.5 cm³/mol. The zero-order valence-electron chi connectivity index (χ0n) is 15.8. The molecule has 128 valence electrons. The van der Waals surface area contributed by atoms with E-state index in [1.165, 1.54) is 13.8 Å². The molecule has 0 radical (unpaired) electrons. The fraction of sp³-hybridized carbons (Fsp3) is 0.667. The van der Waals surface area contributed by atoms with Gasteiger partial charge in [-0.2, -0.15) is 0 Å². The van der Waals surface area contributed by atoms with E-state index in [0.29, 0.717) is 0 Å². The molecule has 22 heavy (non-hydrogen) atoms. The molecule has 0 aromatic rings. The summed E-state index contributed by atoms with van der Waals surface area (Å²) in [4.78, 5) is 39.9. The van der Waals surface area contributed by atoms with Crippen molar-refractivity contribution >= 4 is 23.1 Å². The molecule has 4 heteroatoms. The van der Waals surface area contributed by atoms with E-state index >= 15 is 0 Å². The van der Waals surface area contributed by atoms with E-state index in [4.69, 9.17) is 0 Å². The Labute approximate surface area is 136 Å². The molecule has 0 rings (SSSR count). The Kier molecular flexibility index (Phi) is 24.8. The zero-order chi connectivity index (χ0) is 18.9. The lowest BCUT2D eigenvalue weighted by Crippen LogP contribution is -2.01. The highest BCUT2D eigenvalue weighted by Crippen LogP contribution is 1.90. The number of Topliss-reactive ketones (excluding diaryl/α,β-unsaturated/α-hetero) is 4. The lowest BCUT2D eigenvalue weighted by atomic mass is 10.1. The van der Waals surface area contributed by atoms with Gasteiger partial charge in [-0.3, -0.25) is 19.2 Å². The average molecular weight is 312 g/mol. The van der Waals surface area contributed by atoms with Crippen LogP contribution in [-0.4, -0.2) is 23.1 Å². The second-order valence-electron chi connectivity index (χ2n) is 5.14. The molecular weight excluding hydrogens is 280 g/mol.